The Morgan fingerprint density at radius 1 is 1.06 bits per heavy atom. The Balaban J connectivity index is 3.15. The predicted octanol–water partition coefficient (Wildman–Crippen LogP) is 4.64. The van der Waals surface area contributed by atoms with Crippen molar-refractivity contribution in [3.8, 4) is 0 Å². The minimum atomic E-state index is -0.331. The molecule has 106 valence electrons. The van der Waals surface area contributed by atoms with Gasteiger partial charge < -0.3 is 18.5 Å². The third kappa shape index (κ3) is 13.4. The molecule has 0 aromatic rings. The molecule has 0 spiro atoms. The van der Waals surface area contributed by atoms with Gasteiger partial charge in [-0.1, -0.05) is 40.0 Å². The molecule has 0 rings (SSSR count). The second kappa shape index (κ2) is 14.4. The molecule has 0 heterocycles. The zero-order chi connectivity index (χ0) is 13.6. The first-order valence-electron chi connectivity index (χ1n) is 7.42. The average molecular weight is 289 g/mol. The summed E-state index contributed by atoms with van der Waals surface area (Å²) in [6, 6.07) is 0. The highest BCUT2D eigenvalue weighted by molar-refractivity contribution is 6.94. The first-order chi connectivity index (χ1) is 8.70. The number of unbranched alkanes of at least 4 members (excludes halogenated alkanes) is 2. The maximum atomic E-state index is 5.95. The highest BCUT2D eigenvalue weighted by Crippen LogP contribution is 2.20. The quantitative estimate of drug-likeness (QED) is 0.279. The van der Waals surface area contributed by atoms with Crippen LogP contribution in [-0.4, -0.2) is 39.3 Å². The summed E-state index contributed by atoms with van der Waals surface area (Å²) in [5, 5.41) is 0. The van der Waals surface area contributed by atoms with Gasteiger partial charge in [0.1, 0.15) is 6.79 Å². The molecule has 0 bridgehead atoms. The van der Waals surface area contributed by atoms with Crippen LogP contribution in [0.15, 0.2) is 0 Å². The van der Waals surface area contributed by atoms with Crippen molar-refractivity contribution in [3.63, 3.8) is 0 Å². The van der Waals surface area contributed by atoms with Gasteiger partial charge in [-0.2, -0.15) is 0 Å². The van der Waals surface area contributed by atoms with E-state index in [1.807, 2.05) is 0 Å². The Morgan fingerprint density at radius 2 is 1.72 bits per heavy atom. The normalized spacial score (nSPS) is 14.2. The summed E-state index contributed by atoms with van der Waals surface area (Å²) in [6.45, 7) is 8.91. The van der Waals surface area contributed by atoms with Gasteiger partial charge in [0.25, 0.3) is 0 Å². The van der Waals surface area contributed by atoms with Crippen LogP contribution >= 0.6 is 9.07 Å². The molecule has 0 aromatic heterocycles. The lowest BCUT2D eigenvalue weighted by Crippen LogP contribution is -2.06. The van der Waals surface area contributed by atoms with Crippen molar-refractivity contribution >= 4 is 28.3 Å². The molecule has 18 heavy (non-hydrogen) atoms. The summed E-state index contributed by atoms with van der Waals surface area (Å²) in [5.41, 5.74) is 0. The second-order valence-corrected chi connectivity index (χ2v) is 8.01. The van der Waals surface area contributed by atoms with Crippen molar-refractivity contribution in [3.05, 3.63) is 0 Å². The Hall–Kier alpha value is 0.976. The van der Waals surface area contributed by atoms with Crippen molar-refractivity contribution < 1.29 is 9.47 Å². The summed E-state index contributed by atoms with van der Waals surface area (Å²) in [6.07, 6.45) is 7.30. The van der Waals surface area contributed by atoms with E-state index < -0.39 is 0 Å². The molecule has 0 saturated heterocycles. The van der Waals surface area contributed by atoms with E-state index in [4.69, 9.17) is 18.5 Å². The largest absolute Gasteiger partial charge is 0.504 e. The smallest absolute Gasteiger partial charge is 0.355 e. The van der Waals surface area contributed by atoms with E-state index in [0.29, 0.717) is 6.79 Å². The highest BCUT2D eigenvalue weighted by atomic mass is 35.5. The molecule has 0 aliphatic rings. The fourth-order valence-corrected chi connectivity index (χ4v) is 3.11. The summed E-state index contributed by atoms with van der Waals surface area (Å²) in [5.74, 6) is 0.778. The summed E-state index contributed by atoms with van der Waals surface area (Å²) in [7, 11) is 5.95. The summed E-state index contributed by atoms with van der Waals surface area (Å²) < 4.78 is 11.6. The monoisotopic (exact) mass is 288 g/mol. The molecule has 0 radical (unpaired) electrons. The number of ether oxygens (including phenoxy) is 2. The SMILES string of the molecule is CCCCCOCOCCCC(C)C[CH](C)[Mg][Cl]. The maximum Gasteiger partial charge on any atom is 0.504 e. The molecule has 0 aliphatic carbocycles. The lowest BCUT2D eigenvalue weighted by Gasteiger charge is -2.14. The van der Waals surface area contributed by atoms with Crippen LogP contribution in [0.25, 0.3) is 0 Å². The van der Waals surface area contributed by atoms with Crippen LogP contribution < -0.4 is 0 Å². The molecule has 0 aromatic carbocycles. The number of rotatable bonds is 13. The van der Waals surface area contributed by atoms with E-state index >= 15 is 0 Å². The van der Waals surface area contributed by atoms with Gasteiger partial charge in [0.05, 0.1) is 0 Å². The van der Waals surface area contributed by atoms with Crippen LogP contribution in [0, 0.1) is 5.92 Å². The van der Waals surface area contributed by atoms with Crippen molar-refractivity contribution in [2.75, 3.05) is 20.0 Å². The van der Waals surface area contributed by atoms with Crippen LogP contribution in [0.5, 0.6) is 0 Å². The molecular weight excluding hydrogens is 260 g/mol. The molecular formula is C14H29ClMgO2. The molecule has 0 saturated carbocycles. The zero-order valence-electron chi connectivity index (χ0n) is 12.4. The minimum Gasteiger partial charge on any atom is -0.355 e. The fourth-order valence-electron chi connectivity index (χ4n) is 2.03. The molecule has 0 fully saturated rings. The summed E-state index contributed by atoms with van der Waals surface area (Å²) >= 11 is -0.331. The maximum absolute atomic E-state index is 5.95. The van der Waals surface area contributed by atoms with E-state index in [1.54, 1.807) is 0 Å². The third-order valence-electron chi connectivity index (χ3n) is 3.11. The van der Waals surface area contributed by atoms with E-state index in [1.165, 1.54) is 25.7 Å². The van der Waals surface area contributed by atoms with Crippen LogP contribution in [-0.2, 0) is 9.47 Å². The van der Waals surface area contributed by atoms with Crippen molar-refractivity contribution in [1.82, 2.24) is 0 Å². The van der Waals surface area contributed by atoms with Gasteiger partial charge in [0.2, 0.25) is 0 Å². The lowest BCUT2D eigenvalue weighted by molar-refractivity contribution is -0.0560. The van der Waals surface area contributed by atoms with Crippen LogP contribution in [0.3, 0.4) is 0 Å². The molecule has 0 aliphatic heterocycles. The van der Waals surface area contributed by atoms with Gasteiger partial charge in [-0.25, -0.2) is 0 Å². The minimum absolute atomic E-state index is 0.331. The van der Waals surface area contributed by atoms with E-state index in [2.05, 4.69) is 20.8 Å². The van der Waals surface area contributed by atoms with Crippen molar-refractivity contribution in [1.29, 1.82) is 0 Å². The molecule has 2 atom stereocenters. The molecule has 4 heteroatoms. The zero-order valence-corrected chi connectivity index (χ0v) is 14.6. The first kappa shape index (κ1) is 19.0. The first-order valence-corrected chi connectivity index (χ1v) is 10.4. The predicted molar refractivity (Wildman–Crippen MR) is 80.3 cm³/mol. The van der Waals surface area contributed by atoms with Gasteiger partial charge in [0, 0.05) is 13.2 Å². The van der Waals surface area contributed by atoms with Crippen LogP contribution in [0.4, 0.5) is 0 Å². The van der Waals surface area contributed by atoms with E-state index in [-0.39, 0.29) is 19.3 Å². The standard InChI is InChI=1S/C14H29O2.ClH.Mg/c1-4-6-7-11-15-13-16-12-8-10-14(3)9-5-2;;/h5,14H,4,6-13H2,1-3H3;1H;/q;;+1/p-1. The molecule has 0 N–H and O–H groups in total. The number of hydrogen-bond donors (Lipinski definition) is 0. The topological polar surface area (TPSA) is 18.5 Å². The number of halogens is 1. The van der Waals surface area contributed by atoms with Gasteiger partial charge in [-0.05, 0) is 25.2 Å². The summed E-state index contributed by atoms with van der Waals surface area (Å²) in [4.78, 5) is 0. The Labute approximate surface area is 127 Å². The van der Waals surface area contributed by atoms with Gasteiger partial charge in [-0.3, -0.25) is 0 Å². The molecule has 2 nitrogen and oxygen atoms in total. The third-order valence-corrected chi connectivity index (χ3v) is 5.55. The van der Waals surface area contributed by atoms with Crippen molar-refractivity contribution in [2.24, 2.45) is 5.92 Å². The second-order valence-electron chi connectivity index (χ2n) is 5.38. The Kier molecular flexibility index (Phi) is 15.2. The van der Waals surface area contributed by atoms with E-state index in [9.17, 15) is 0 Å². The molecule has 0 amide bonds. The number of hydrogen-bond acceptors (Lipinski definition) is 2. The molecule has 2 unspecified atom stereocenters. The van der Waals surface area contributed by atoms with Crippen molar-refractivity contribution in [2.45, 2.75) is 63.3 Å². The van der Waals surface area contributed by atoms with E-state index in [0.717, 1.165) is 36.0 Å². The Bertz CT molecular complexity index is 170. The lowest BCUT2D eigenvalue weighted by atomic mass is 10.0. The Morgan fingerprint density at radius 3 is 2.33 bits per heavy atom. The van der Waals surface area contributed by atoms with Gasteiger partial charge in [0.15, 0.2) is 0 Å². The van der Waals surface area contributed by atoms with Crippen LogP contribution in [0.1, 0.15) is 59.3 Å². The highest BCUT2D eigenvalue weighted by Gasteiger charge is 2.09. The van der Waals surface area contributed by atoms with Gasteiger partial charge >= 0.3 is 19.3 Å². The van der Waals surface area contributed by atoms with Gasteiger partial charge in [-0.15, -0.1) is 4.05 Å². The average Bonchev–Trinajstić information content (AvgIpc) is 2.36. The fraction of sp³-hybridized carbons (Fsp3) is 1.00. The van der Waals surface area contributed by atoms with Crippen LogP contribution in [0.2, 0.25) is 4.05 Å².